The minimum atomic E-state index is 0. The van der Waals surface area contributed by atoms with Crippen molar-refractivity contribution in [3.05, 3.63) is 66.7 Å². The molecule has 0 radical (unpaired) electrons. The van der Waals surface area contributed by atoms with Gasteiger partial charge < -0.3 is 23.7 Å². The number of thiophene rings is 1. The number of rotatable bonds is 9. The molecule has 1 aromatic heterocycles. The van der Waals surface area contributed by atoms with E-state index in [4.69, 9.17) is 23.7 Å². The molecule has 0 spiro atoms. The van der Waals surface area contributed by atoms with E-state index in [0.717, 1.165) is 54.8 Å². The summed E-state index contributed by atoms with van der Waals surface area (Å²) in [5.74, 6) is 3.50. The molecule has 0 N–H and O–H groups in total. The first kappa shape index (κ1) is 26.1. The quantitative estimate of drug-likeness (QED) is 0.247. The highest BCUT2D eigenvalue weighted by Crippen LogP contribution is 2.45. The first-order chi connectivity index (χ1) is 17.2. The van der Waals surface area contributed by atoms with Gasteiger partial charge in [0.05, 0.1) is 27.4 Å². The molecule has 6 nitrogen and oxygen atoms in total. The van der Waals surface area contributed by atoms with Crippen molar-refractivity contribution in [1.29, 1.82) is 0 Å². The summed E-state index contributed by atoms with van der Waals surface area (Å²) >= 11 is 1.72. The van der Waals surface area contributed by atoms with E-state index in [1.165, 1.54) is 10.1 Å². The molecule has 0 aliphatic carbocycles. The van der Waals surface area contributed by atoms with Crippen molar-refractivity contribution < 1.29 is 23.7 Å². The molecule has 3 aromatic carbocycles. The van der Waals surface area contributed by atoms with Gasteiger partial charge in [-0.25, -0.2) is 0 Å². The topological polar surface area (TPSA) is 49.4 Å². The van der Waals surface area contributed by atoms with E-state index in [0.29, 0.717) is 23.9 Å². The Bertz CT molecular complexity index is 1240. The second kappa shape index (κ2) is 12.3. The normalized spacial score (nSPS) is 13.7. The zero-order valence-corrected chi connectivity index (χ0v) is 22.0. The molecule has 8 heteroatoms. The molecule has 2 heterocycles. The van der Waals surface area contributed by atoms with E-state index in [2.05, 4.69) is 35.2 Å². The van der Waals surface area contributed by atoms with Crippen LogP contribution >= 0.6 is 23.7 Å². The van der Waals surface area contributed by atoms with Crippen molar-refractivity contribution in [1.82, 2.24) is 4.90 Å². The Balaban J connectivity index is 0.00000304. The van der Waals surface area contributed by atoms with Crippen LogP contribution in [-0.4, -0.2) is 58.6 Å². The predicted octanol–water partition coefficient (Wildman–Crippen LogP) is 6.51. The summed E-state index contributed by atoms with van der Waals surface area (Å²) in [6, 6.07) is 22.1. The molecule has 36 heavy (non-hydrogen) atoms. The molecule has 0 bridgehead atoms. The van der Waals surface area contributed by atoms with Gasteiger partial charge in [-0.05, 0) is 47.9 Å². The third-order valence-electron chi connectivity index (χ3n) is 6.01. The van der Waals surface area contributed by atoms with Gasteiger partial charge in [0, 0.05) is 40.8 Å². The monoisotopic (exact) mass is 527 g/mol. The summed E-state index contributed by atoms with van der Waals surface area (Å²) in [5, 5.41) is 1.21. The fraction of sp³-hybridized carbons (Fsp3) is 0.286. The van der Waals surface area contributed by atoms with Crippen molar-refractivity contribution in [3.8, 4) is 39.2 Å². The van der Waals surface area contributed by atoms with Gasteiger partial charge in [0.15, 0.2) is 11.5 Å². The van der Waals surface area contributed by atoms with Crippen LogP contribution < -0.4 is 18.9 Å². The van der Waals surface area contributed by atoms with Crippen LogP contribution in [0.4, 0.5) is 0 Å². The second-order valence-corrected chi connectivity index (χ2v) is 9.31. The average Bonchev–Trinajstić information content (AvgIpc) is 3.34. The second-order valence-electron chi connectivity index (χ2n) is 8.23. The third-order valence-corrected chi connectivity index (χ3v) is 7.16. The lowest BCUT2D eigenvalue weighted by atomic mass is 10.1. The lowest BCUT2D eigenvalue weighted by Gasteiger charge is -2.26. The highest BCUT2D eigenvalue weighted by atomic mass is 35.5. The fourth-order valence-electron chi connectivity index (χ4n) is 4.10. The number of methoxy groups -OCH3 is 2. The molecular weight excluding hydrogens is 498 g/mol. The Hall–Kier alpha value is -2.97. The maximum absolute atomic E-state index is 6.24. The van der Waals surface area contributed by atoms with Crippen molar-refractivity contribution in [3.63, 3.8) is 0 Å². The largest absolute Gasteiger partial charge is 0.496 e. The summed E-state index contributed by atoms with van der Waals surface area (Å²) in [7, 11) is 3.30. The molecule has 1 aliphatic rings. The van der Waals surface area contributed by atoms with Gasteiger partial charge >= 0.3 is 0 Å². The van der Waals surface area contributed by atoms with Crippen LogP contribution in [-0.2, 0) is 4.74 Å². The zero-order valence-electron chi connectivity index (χ0n) is 20.4. The fourth-order valence-corrected chi connectivity index (χ4v) is 5.19. The Morgan fingerprint density at radius 2 is 1.56 bits per heavy atom. The van der Waals surface area contributed by atoms with Gasteiger partial charge in [-0.3, -0.25) is 4.90 Å². The molecular formula is C28H30ClNO5S. The van der Waals surface area contributed by atoms with Gasteiger partial charge in [-0.2, -0.15) is 0 Å². The minimum Gasteiger partial charge on any atom is -0.496 e. The highest BCUT2D eigenvalue weighted by molar-refractivity contribution is 7.22. The average molecular weight is 528 g/mol. The van der Waals surface area contributed by atoms with Crippen LogP contribution in [0.3, 0.4) is 0 Å². The SMILES string of the molecule is COc1cc(OC)c(-c2cc3ccccc3s2)cc1Oc1ccc(OCCN2CCOCC2)cc1.Cl. The Morgan fingerprint density at radius 1 is 0.833 bits per heavy atom. The van der Waals surface area contributed by atoms with Gasteiger partial charge in [0.2, 0.25) is 0 Å². The molecule has 0 saturated carbocycles. The smallest absolute Gasteiger partial charge is 0.170 e. The Morgan fingerprint density at radius 3 is 2.28 bits per heavy atom. The van der Waals surface area contributed by atoms with E-state index in [1.807, 2.05) is 36.4 Å². The number of ether oxygens (including phenoxy) is 5. The molecule has 0 amide bonds. The standard InChI is InChI=1S/C28H29NO5S.ClH/c1-30-24-19-25(31-2)26(18-23(24)28-17-20-5-3-4-6-27(20)35-28)34-22-9-7-21(8-10-22)33-16-13-29-11-14-32-15-12-29;/h3-10,17-19H,11-16H2,1-2H3;1H. The van der Waals surface area contributed by atoms with Crippen LogP contribution in [0.5, 0.6) is 28.7 Å². The summed E-state index contributed by atoms with van der Waals surface area (Å²) in [6.07, 6.45) is 0. The van der Waals surface area contributed by atoms with Gasteiger partial charge in [0.1, 0.15) is 23.9 Å². The number of morpholine rings is 1. The minimum absolute atomic E-state index is 0. The van der Waals surface area contributed by atoms with Crippen LogP contribution in [0.2, 0.25) is 0 Å². The van der Waals surface area contributed by atoms with E-state index < -0.39 is 0 Å². The lowest BCUT2D eigenvalue weighted by molar-refractivity contribution is 0.0322. The molecule has 190 valence electrons. The lowest BCUT2D eigenvalue weighted by Crippen LogP contribution is -2.38. The number of benzene rings is 3. The van der Waals surface area contributed by atoms with Crippen molar-refractivity contribution in [2.75, 3.05) is 53.7 Å². The molecule has 1 aliphatic heterocycles. The Labute approximate surface area is 221 Å². The number of hydrogen-bond acceptors (Lipinski definition) is 7. The Kier molecular flexibility index (Phi) is 8.93. The summed E-state index contributed by atoms with van der Waals surface area (Å²) in [4.78, 5) is 3.46. The van der Waals surface area contributed by atoms with E-state index in [-0.39, 0.29) is 12.4 Å². The maximum atomic E-state index is 6.24. The first-order valence-electron chi connectivity index (χ1n) is 11.7. The first-order valence-corrected chi connectivity index (χ1v) is 12.5. The van der Waals surface area contributed by atoms with E-state index in [9.17, 15) is 0 Å². The molecule has 5 rings (SSSR count). The third kappa shape index (κ3) is 6.05. The summed E-state index contributed by atoms with van der Waals surface area (Å²) in [5.41, 5.74) is 0.965. The zero-order chi connectivity index (χ0) is 24.0. The van der Waals surface area contributed by atoms with Crippen LogP contribution in [0.15, 0.2) is 66.7 Å². The van der Waals surface area contributed by atoms with Gasteiger partial charge in [0.25, 0.3) is 0 Å². The van der Waals surface area contributed by atoms with Crippen LogP contribution in [0, 0.1) is 0 Å². The van der Waals surface area contributed by atoms with Crippen molar-refractivity contribution in [2.45, 2.75) is 0 Å². The van der Waals surface area contributed by atoms with Gasteiger partial charge in [-0.15, -0.1) is 23.7 Å². The number of hydrogen-bond donors (Lipinski definition) is 0. The molecule has 1 fully saturated rings. The van der Waals surface area contributed by atoms with Crippen molar-refractivity contribution in [2.24, 2.45) is 0 Å². The number of fused-ring (bicyclic) bond motifs is 1. The molecule has 4 aromatic rings. The van der Waals surface area contributed by atoms with E-state index in [1.54, 1.807) is 25.6 Å². The number of halogens is 1. The van der Waals surface area contributed by atoms with Crippen molar-refractivity contribution >= 4 is 33.8 Å². The van der Waals surface area contributed by atoms with Crippen LogP contribution in [0.25, 0.3) is 20.5 Å². The van der Waals surface area contributed by atoms with Gasteiger partial charge in [-0.1, -0.05) is 18.2 Å². The predicted molar refractivity (Wildman–Crippen MR) is 147 cm³/mol. The van der Waals surface area contributed by atoms with E-state index >= 15 is 0 Å². The maximum Gasteiger partial charge on any atom is 0.170 e. The highest BCUT2D eigenvalue weighted by Gasteiger charge is 2.17. The molecule has 0 unspecified atom stereocenters. The molecule has 1 saturated heterocycles. The summed E-state index contributed by atoms with van der Waals surface area (Å²) < 4.78 is 30.1. The number of nitrogens with zero attached hydrogens (tertiary/aromatic N) is 1. The summed E-state index contributed by atoms with van der Waals surface area (Å²) in [6.45, 7) is 5.06. The molecule has 0 atom stereocenters. The van der Waals surface area contributed by atoms with Crippen LogP contribution in [0.1, 0.15) is 0 Å².